The van der Waals surface area contributed by atoms with E-state index in [0.29, 0.717) is 27.8 Å². The largest absolute Gasteiger partial charge is 0.286 e. The van der Waals surface area contributed by atoms with Crippen LogP contribution in [0, 0.1) is 11.3 Å². The molecule has 1 aliphatic rings. The zero-order valence-electron chi connectivity index (χ0n) is 15.7. The highest BCUT2D eigenvalue weighted by Crippen LogP contribution is 2.29. The molecule has 0 fully saturated rings. The van der Waals surface area contributed by atoms with Crippen molar-refractivity contribution in [2.24, 2.45) is 4.99 Å². The Kier molecular flexibility index (Phi) is 4.58. The van der Waals surface area contributed by atoms with Crippen molar-refractivity contribution in [3.8, 4) is 11.8 Å². The van der Waals surface area contributed by atoms with E-state index in [1.807, 2.05) is 18.2 Å². The summed E-state index contributed by atoms with van der Waals surface area (Å²) in [6.07, 6.45) is 3.79. The van der Waals surface area contributed by atoms with Gasteiger partial charge < -0.3 is 0 Å². The third-order valence-electron chi connectivity index (χ3n) is 4.76. The van der Waals surface area contributed by atoms with Crippen LogP contribution in [0.15, 0.2) is 75.9 Å². The third kappa shape index (κ3) is 3.25. The predicted octanol–water partition coefficient (Wildman–Crippen LogP) is 3.47. The second-order valence-electron chi connectivity index (χ2n) is 6.69. The van der Waals surface area contributed by atoms with Gasteiger partial charge in [0.2, 0.25) is 0 Å². The Morgan fingerprint density at radius 1 is 1.07 bits per heavy atom. The molecule has 0 atom stereocenters. The molecule has 0 saturated heterocycles. The van der Waals surface area contributed by atoms with E-state index in [4.69, 9.17) is 10.3 Å². The molecule has 2 aromatic carbocycles. The Morgan fingerprint density at radius 3 is 2.67 bits per heavy atom. The Balaban J connectivity index is 1.55. The van der Waals surface area contributed by atoms with E-state index in [2.05, 4.69) is 27.1 Å². The SMILES string of the molecule is N#Cc1ccc(-n2c(SCC3=Nc4ccccc4C3)nc3nccnc3c2=O)cc1. The van der Waals surface area contributed by atoms with E-state index in [0.717, 1.165) is 17.8 Å². The van der Waals surface area contributed by atoms with Gasteiger partial charge in [0.05, 0.1) is 23.0 Å². The van der Waals surface area contributed by atoms with Gasteiger partial charge in [-0.2, -0.15) is 5.26 Å². The monoisotopic (exact) mass is 410 g/mol. The van der Waals surface area contributed by atoms with Gasteiger partial charge in [-0.25, -0.2) is 15.0 Å². The molecule has 8 heteroatoms. The number of fused-ring (bicyclic) bond motifs is 2. The van der Waals surface area contributed by atoms with Crippen molar-refractivity contribution in [3.05, 3.63) is 82.4 Å². The normalized spacial score (nSPS) is 12.4. The fourth-order valence-electron chi connectivity index (χ4n) is 3.34. The minimum absolute atomic E-state index is 0.205. The molecule has 7 nitrogen and oxygen atoms in total. The molecule has 144 valence electrons. The zero-order valence-corrected chi connectivity index (χ0v) is 16.5. The highest BCUT2D eigenvalue weighted by Gasteiger charge is 2.18. The summed E-state index contributed by atoms with van der Waals surface area (Å²) in [5.74, 6) is 0.600. The average molecular weight is 410 g/mol. The lowest BCUT2D eigenvalue weighted by atomic mass is 10.1. The standard InChI is InChI=1S/C22H14N6OS/c23-12-14-5-7-17(8-6-14)28-21(29)19-20(25-10-9-24-19)27-22(28)30-13-16-11-15-3-1-2-4-18(15)26-16/h1-10H,11,13H2. The molecule has 0 aliphatic carbocycles. The van der Waals surface area contributed by atoms with E-state index in [1.54, 1.807) is 24.3 Å². The first-order valence-electron chi connectivity index (χ1n) is 9.24. The van der Waals surface area contributed by atoms with Gasteiger partial charge in [0.25, 0.3) is 5.56 Å². The smallest absolute Gasteiger partial charge is 0.266 e. The summed E-state index contributed by atoms with van der Waals surface area (Å²) in [4.78, 5) is 30.8. The van der Waals surface area contributed by atoms with E-state index < -0.39 is 0 Å². The minimum atomic E-state index is -0.294. The quantitative estimate of drug-likeness (QED) is 0.377. The maximum atomic E-state index is 13.2. The molecular formula is C22H14N6OS. The maximum Gasteiger partial charge on any atom is 0.286 e. The average Bonchev–Trinajstić information content (AvgIpc) is 3.21. The number of hydrogen-bond acceptors (Lipinski definition) is 7. The molecular weight excluding hydrogens is 396 g/mol. The number of hydrogen-bond donors (Lipinski definition) is 0. The number of rotatable bonds is 4. The van der Waals surface area contributed by atoms with Crippen molar-refractivity contribution in [3.63, 3.8) is 0 Å². The zero-order chi connectivity index (χ0) is 20.5. The number of para-hydroxylation sites is 1. The van der Waals surface area contributed by atoms with Crippen molar-refractivity contribution < 1.29 is 0 Å². The van der Waals surface area contributed by atoms with Gasteiger partial charge in [-0.05, 0) is 35.9 Å². The summed E-state index contributed by atoms with van der Waals surface area (Å²) >= 11 is 1.44. The summed E-state index contributed by atoms with van der Waals surface area (Å²) in [5.41, 5.74) is 4.59. The lowest BCUT2D eigenvalue weighted by Crippen LogP contribution is -2.23. The van der Waals surface area contributed by atoms with Gasteiger partial charge in [0.15, 0.2) is 16.3 Å². The lowest BCUT2D eigenvalue weighted by molar-refractivity contribution is 0.811. The van der Waals surface area contributed by atoms with Crippen LogP contribution < -0.4 is 5.56 Å². The summed E-state index contributed by atoms with van der Waals surface area (Å²) in [7, 11) is 0. The number of nitrogens with zero attached hydrogens (tertiary/aromatic N) is 6. The van der Waals surface area contributed by atoms with Crippen molar-refractivity contribution in [2.75, 3.05) is 5.75 Å². The molecule has 1 aliphatic heterocycles. The molecule has 0 spiro atoms. The Labute approximate surface area is 175 Å². The van der Waals surface area contributed by atoms with Crippen LogP contribution >= 0.6 is 11.8 Å². The molecule has 0 N–H and O–H groups in total. The first kappa shape index (κ1) is 18.2. The highest BCUT2D eigenvalue weighted by molar-refractivity contribution is 7.99. The number of thioether (sulfide) groups is 1. The second kappa shape index (κ2) is 7.54. The van der Waals surface area contributed by atoms with Crippen LogP contribution in [0.1, 0.15) is 11.1 Å². The van der Waals surface area contributed by atoms with Gasteiger partial charge in [-0.3, -0.25) is 14.4 Å². The van der Waals surface area contributed by atoms with E-state index in [9.17, 15) is 4.79 Å². The van der Waals surface area contributed by atoms with Crippen molar-refractivity contribution >= 4 is 34.3 Å². The van der Waals surface area contributed by atoms with Crippen LogP contribution in [0.25, 0.3) is 16.9 Å². The maximum absolute atomic E-state index is 13.2. The molecule has 0 bridgehead atoms. The Hall–Kier alpha value is -3.83. The molecule has 2 aromatic heterocycles. The lowest BCUT2D eigenvalue weighted by Gasteiger charge is -2.12. The van der Waals surface area contributed by atoms with Crippen LogP contribution in [0.5, 0.6) is 0 Å². The summed E-state index contributed by atoms with van der Waals surface area (Å²) < 4.78 is 1.52. The number of benzene rings is 2. The summed E-state index contributed by atoms with van der Waals surface area (Å²) in [5, 5.41) is 9.57. The van der Waals surface area contributed by atoms with E-state index in [1.165, 1.54) is 34.3 Å². The summed E-state index contributed by atoms with van der Waals surface area (Å²) in [6.45, 7) is 0. The van der Waals surface area contributed by atoms with E-state index >= 15 is 0 Å². The fourth-order valence-corrected chi connectivity index (χ4v) is 4.27. The molecule has 0 saturated carbocycles. The van der Waals surface area contributed by atoms with Crippen LogP contribution in [0.3, 0.4) is 0 Å². The van der Waals surface area contributed by atoms with Crippen LogP contribution in [-0.2, 0) is 6.42 Å². The Bertz CT molecular complexity index is 1400. The molecule has 30 heavy (non-hydrogen) atoms. The van der Waals surface area contributed by atoms with Gasteiger partial charge in [-0.1, -0.05) is 30.0 Å². The van der Waals surface area contributed by atoms with Crippen molar-refractivity contribution in [1.29, 1.82) is 5.26 Å². The molecule has 3 heterocycles. The van der Waals surface area contributed by atoms with Crippen molar-refractivity contribution in [2.45, 2.75) is 11.6 Å². The first-order chi connectivity index (χ1) is 14.7. The molecule has 4 aromatic rings. The second-order valence-corrected chi connectivity index (χ2v) is 7.64. The third-order valence-corrected chi connectivity index (χ3v) is 5.77. The number of aromatic nitrogens is 4. The molecule has 0 amide bonds. The van der Waals surface area contributed by atoms with Gasteiger partial charge in [-0.15, -0.1) is 0 Å². The number of nitriles is 1. The highest BCUT2D eigenvalue weighted by atomic mass is 32.2. The minimum Gasteiger partial charge on any atom is -0.266 e. The predicted molar refractivity (Wildman–Crippen MR) is 116 cm³/mol. The van der Waals surface area contributed by atoms with Gasteiger partial charge >= 0.3 is 0 Å². The number of aliphatic imine (C=N–C) groups is 1. The Morgan fingerprint density at radius 2 is 1.87 bits per heavy atom. The molecule has 0 radical (unpaired) electrons. The van der Waals surface area contributed by atoms with Crippen LogP contribution in [0.2, 0.25) is 0 Å². The van der Waals surface area contributed by atoms with Crippen LogP contribution in [-0.4, -0.2) is 31.0 Å². The first-order valence-corrected chi connectivity index (χ1v) is 10.2. The fraction of sp³-hybridized carbons (Fsp3) is 0.0909. The van der Waals surface area contributed by atoms with Crippen molar-refractivity contribution in [1.82, 2.24) is 19.5 Å². The van der Waals surface area contributed by atoms with E-state index in [-0.39, 0.29) is 11.1 Å². The van der Waals surface area contributed by atoms with Crippen LogP contribution in [0.4, 0.5) is 5.69 Å². The van der Waals surface area contributed by atoms with Gasteiger partial charge in [0, 0.05) is 30.3 Å². The van der Waals surface area contributed by atoms with Gasteiger partial charge in [0.1, 0.15) is 0 Å². The topological polar surface area (TPSA) is 96.8 Å². The summed E-state index contributed by atoms with van der Waals surface area (Å²) in [6, 6.07) is 17.0. The molecule has 0 unspecified atom stereocenters. The molecule has 5 rings (SSSR count).